The number of benzene rings is 5. The number of carbonyl (C=O) groups excluding carboxylic acids is 11. The number of nitrogens with zero attached hydrogens (tertiary/aromatic N) is 5. The van der Waals surface area contributed by atoms with Crippen molar-refractivity contribution in [3.05, 3.63) is 135 Å². The molecule has 26 heteroatoms. The van der Waals surface area contributed by atoms with Crippen molar-refractivity contribution < 1.29 is 62.4 Å². The number of nitrogens with two attached hydrogens (primary N) is 2. The number of hydrogen-bond donors (Lipinski definition) is 7. The average Bonchev–Trinajstić information content (AvgIpc) is 0.938. The van der Waals surface area contributed by atoms with E-state index in [1.54, 1.807) is 86.6 Å². The van der Waals surface area contributed by atoms with E-state index in [-0.39, 0.29) is 124 Å². The van der Waals surface area contributed by atoms with Gasteiger partial charge in [-0.3, -0.25) is 68.0 Å². The third kappa shape index (κ3) is 14.6. The largest absolute Gasteiger partial charge is 0.445 e. The predicted octanol–water partition coefficient (Wildman–Crippen LogP) is 4.49. The Balaban J connectivity index is 0.870. The van der Waals surface area contributed by atoms with Crippen molar-refractivity contribution in [3.8, 4) is 0 Å². The standard InChI is InChI=1S/C60H66N12O14/c1-35(2)52(67-47(73)15-4-3-5-28-69-48(74)22-23-49(69)75)54(77)66-46(14-8-25-64-59(62)82)53(76)65-38-18-16-36(17-19-38)34-86-60(83)68(30-31-71-56(79)42-13-7-11-40-45(61)21-20-43(51(40)42)57(71)80)27-9-24-63-26-29-70-55(78)41-12-6-10-37-32-39(72(84)85)33-44(50(37)41)58(70)81/h6-7,10-13,16-23,32-33,35,46,52,63H,3-5,8-9,14-15,24-31,34,61H2,1-2H3,(H,65,76)(H,66,77)(H,67,73)(H3,62,64,82). The van der Waals surface area contributed by atoms with Crippen LogP contribution < -0.4 is 38.1 Å². The fourth-order valence-electron chi connectivity index (χ4n) is 10.4. The first-order chi connectivity index (χ1) is 41.2. The molecule has 0 aliphatic carbocycles. The number of ether oxygens (including phenoxy) is 1. The van der Waals surface area contributed by atoms with Gasteiger partial charge in [0.25, 0.3) is 41.1 Å². The summed E-state index contributed by atoms with van der Waals surface area (Å²) >= 11 is 0. The molecule has 3 aliphatic rings. The van der Waals surface area contributed by atoms with Gasteiger partial charge >= 0.3 is 12.1 Å². The van der Waals surface area contributed by atoms with Gasteiger partial charge in [0, 0.05) is 121 Å². The van der Waals surface area contributed by atoms with Crippen molar-refractivity contribution in [1.82, 2.24) is 40.9 Å². The number of rotatable bonds is 29. The van der Waals surface area contributed by atoms with E-state index in [2.05, 4.69) is 26.6 Å². The van der Waals surface area contributed by atoms with Gasteiger partial charge in [0.05, 0.1) is 10.5 Å². The number of urea groups is 1. The fraction of sp³-hybridized carbons (Fsp3) is 0.350. The number of unbranched alkanes of at least 4 members (excludes halogenated alkanes) is 2. The number of hydrogen-bond acceptors (Lipinski definition) is 16. The molecular formula is C60H66N12O14. The first-order valence-electron chi connectivity index (χ1n) is 28.2. The molecule has 5 aromatic carbocycles. The van der Waals surface area contributed by atoms with Gasteiger partial charge in [0.15, 0.2) is 0 Å². The second-order valence-corrected chi connectivity index (χ2v) is 21.2. The first kappa shape index (κ1) is 61.9. The molecule has 5 aromatic rings. The van der Waals surface area contributed by atoms with Crippen LogP contribution in [0.15, 0.2) is 97.1 Å². The summed E-state index contributed by atoms with van der Waals surface area (Å²) in [7, 11) is 0. The number of primary amides is 1. The number of anilines is 2. The van der Waals surface area contributed by atoms with Crippen molar-refractivity contribution in [3.63, 3.8) is 0 Å². The molecule has 3 aliphatic heterocycles. The Kier molecular flexibility index (Phi) is 20.2. The molecule has 9 N–H and O–H groups in total. The molecule has 0 bridgehead atoms. The minimum absolute atomic E-state index is 0.0444. The van der Waals surface area contributed by atoms with Crippen LogP contribution in [0, 0.1) is 16.0 Å². The van der Waals surface area contributed by atoms with Gasteiger partial charge in [0.1, 0.15) is 18.7 Å². The second-order valence-electron chi connectivity index (χ2n) is 21.2. The highest BCUT2D eigenvalue weighted by atomic mass is 16.6. The summed E-state index contributed by atoms with van der Waals surface area (Å²) in [5, 5.41) is 27.3. The Hall–Kier alpha value is -10.1. The average molecular weight is 1180 g/mol. The lowest BCUT2D eigenvalue weighted by Crippen LogP contribution is -2.54. The normalized spacial score (nSPS) is 14.2. The summed E-state index contributed by atoms with van der Waals surface area (Å²) < 4.78 is 5.77. The maximum absolute atomic E-state index is 14.0. The number of nitrogen functional groups attached to an aromatic ring is 1. The van der Waals surface area contributed by atoms with Gasteiger partial charge < -0.3 is 47.7 Å². The molecule has 0 saturated heterocycles. The molecule has 3 heterocycles. The van der Waals surface area contributed by atoms with E-state index < -0.39 is 70.5 Å². The number of non-ortho nitro benzene ring substituents is 1. The van der Waals surface area contributed by atoms with Crippen molar-refractivity contribution >= 4 is 104 Å². The summed E-state index contributed by atoms with van der Waals surface area (Å²) in [4.78, 5) is 160. The molecule has 0 spiro atoms. The van der Waals surface area contributed by atoms with E-state index in [1.807, 2.05) is 0 Å². The van der Waals surface area contributed by atoms with Crippen LogP contribution in [0.25, 0.3) is 21.5 Å². The third-order valence-corrected chi connectivity index (χ3v) is 14.9. The highest BCUT2D eigenvalue weighted by Crippen LogP contribution is 2.35. The number of imide groups is 3. The molecule has 0 radical (unpaired) electrons. The Morgan fingerprint density at radius 2 is 1.33 bits per heavy atom. The maximum Gasteiger partial charge on any atom is 0.410 e. The fourth-order valence-corrected chi connectivity index (χ4v) is 10.4. The smallest absolute Gasteiger partial charge is 0.410 e. The van der Waals surface area contributed by atoms with Crippen molar-refractivity contribution in [2.75, 3.05) is 63.4 Å². The third-order valence-electron chi connectivity index (χ3n) is 14.9. The van der Waals surface area contributed by atoms with Gasteiger partial charge in [-0.15, -0.1) is 0 Å². The van der Waals surface area contributed by atoms with Crippen LogP contribution >= 0.6 is 0 Å². The van der Waals surface area contributed by atoms with E-state index in [1.165, 1.54) is 29.2 Å². The van der Waals surface area contributed by atoms with Crippen LogP contribution in [0.2, 0.25) is 0 Å². The van der Waals surface area contributed by atoms with Crippen LogP contribution in [0.1, 0.15) is 106 Å². The number of amides is 12. The quantitative estimate of drug-likeness (QED) is 0.0114. The molecule has 2 unspecified atom stereocenters. The molecule has 86 heavy (non-hydrogen) atoms. The summed E-state index contributed by atoms with van der Waals surface area (Å²) in [6.07, 6.45) is 3.78. The molecule has 12 amide bonds. The summed E-state index contributed by atoms with van der Waals surface area (Å²) in [6, 6.07) is 18.8. The molecule has 0 aromatic heterocycles. The lowest BCUT2D eigenvalue weighted by molar-refractivity contribution is -0.384. The highest BCUT2D eigenvalue weighted by Gasteiger charge is 2.36. The van der Waals surface area contributed by atoms with Crippen LogP contribution in [0.4, 0.5) is 26.7 Å². The summed E-state index contributed by atoms with van der Waals surface area (Å²) in [6.45, 7) is 3.59. The Morgan fingerprint density at radius 1 is 0.663 bits per heavy atom. The molecular weight excluding hydrogens is 1110 g/mol. The second kappa shape index (κ2) is 28.0. The molecule has 450 valence electrons. The monoisotopic (exact) mass is 1180 g/mol. The maximum atomic E-state index is 14.0. The summed E-state index contributed by atoms with van der Waals surface area (Å²) in [5.41, 5.74) is 13.2. The van der Waals surface area contributed by atoms with E-state index in [0.717, 1.165) is 14.7 Å². The minimum Gasteiger partial charge on any atom is -0.445 e. The number of nitro benzene ring substituents is 1. The minimum atomic E-state index is -1.13. The van der Waals surface area contributed by atoms with Crippen molar-refractivity contribution in [2.45, 2.75) is 77.5 Å². The van der Waals surface area contributed by atoms with Crippen molar-refractivity contribution in [1.29, 1.82) is 0 Å². The lowest BCUT2D eigenvalue weighted by Gasteiger charge is -2.30. The van der Waals surface area contributed by atoms with Crippen LogP contribution in [0.5, 0.6) is 0 Å². The van der Waals surface area contributed by atoms with Gasteiger partial charge in [0.2, 0.25) is 17.7 Å². The van der Waals surface area contributed by atoms with Crippen LogP contribution in [0.3, 0.4) is 0 Å². The van der Waals surface area contributed by atoms with Gasteiger partial charge in [-0.05, 0) is 91.9 Å². The molecule has 2 atom stereocenters. The van der Waals surface area contributed by atoms with E-state index in [9.17, 15) is 62.9 Å². The van der Waals surface area contributed by atoms with Gasteiger partial charge in [-0.2, -0.15) is 0 Å². The zero-order valence-electron chi connectivity index (χ0n) is 47.4. The summed E-state index contributed by atoms with van der Waals surface area (Å²) in [5.74, 6) is -5.14. The molecule has 0 fully saturated rings. The van der Waals surface area contributed by atoms with Gasteiger partial charge in [-0.25, -0.2) is 9.59 Å². The zero-order valence-corrected chi connectivity index (χ0v) is 47.4. The lowest BCUT2D eigenvalue weighted by atomic mass is 9.93. The first-order valence-corrected chi connectivity index (χ1v) is 28.2. The number of nitro groups is 1. The predicted molar refractivity (Wildman–Crippen MR) is 314 cm³/mol. The molecule has 8 rings (SSSR count). The molecule has 0 saturated carbocycles. The van der Waals surface area contributed by atoms with E-state index in [4.69, 9.17) is 16.2 Å². The SMILES string of the molecule is CC(C)C(NC(=O)CCCCCN1C(=O)C=CC1=O)C(=O)NC(CCCNC(N)=O)C(=O)Nc1ccc(COC(=O)N(CCCNCCN2C(=O)c3cccc4cc([N+](=O)[O-])cc(c34)C2=O)CCN2C(=O)c3cccc4c(N)ccc(c34)C2=O)cc1. The Bertz CT molecular complexity index is 3530. The Labute approximate surface area is 493 Å². The topological polar surface area (TPSA) is 365 Å². The van der Waals surface area contributed by atoms with E-state index in [0.29, 0.717) is 64.2 Å². The Morgan fingerprint density at radius 3 is 2.01 bits per heavy atom. The van der Waals surface area contributed by atoms with E-state index >= 15 is 0 Å². The van der Waals surface area contributed by atoms with Crippen molar-refractivity contribution in [2.24, 2.45) is 11.7 Å². The van der Waals surface area contributed by atoms with Gasteiger partial charge in [-0.1, -0.05) is 56.7 Å². The number of nitrogens with one attached hydrogen (secondary N) is 5. The zero-order chi connectivity index (χ0) is 61.8. The molecule has 26 nitrogen and oxygen atoms in total. The van der Waals surface area contributed by atoms with Crippen LogP contribution in [-0.2, 0) is 35.3 Å². The van der Waals surface area contributed by atoms with Crippen LogP contribution in [-0.4, -0.2) is 154 Å². The highest BCUT2D eigenvalue weighted by molar-refractivity contribution is 6.27. The number of carbonyl (C=O) groups is 11.